The zero-order chi connectivity index (χ0) is 13.0. The standard InChI is InChI=1S/C16H21NS/c1-4-15-8-9-16(18-15)11-17-13(3)14-7-5-6-12(2)10-14/h5-10,13,17H,4,11H2,1-3H3. The average Bonchev–Trinajstić information content (AvgIpc) is 2.84. The van der Waals surface area contributed by atoms with E-state index in [-0.39, 0.29) is 0 Å². The Kier molecular flexibility index (Phi) is 4.56. The molecular formula is C16H21NS. The minimum atomic E-state index is 0.400. The van der Waals surface area contributed by atoms with Gasteiger partial charge in [0.05, 0.1) is 0 Å². The van der Waals surface area contributed by atoms with E-state index in [4.69, 9.17) is 0 Å². The van der Waals surface area contributed by atoms with E-state index in [1.54, 1.807) is 0 Å². The van der Waals surface area contributed by atoms with Crippen molar-refractivity contribution in [2.75, 3.05) is 0 Å². The summed E-state index contributed by atoms with van der Waals surface area (Å²) >= 11 is 1.91. The highest BCUT2D eigenvalue weighted by atomic mass is 32.1. The molecule has 1 nitrogen and oxygen atoms in total. The fraction of sp³-hybridized carbons (Fsp3) is 0.375. The van der Waals surface area contributed by atoms with Crippen LogP contribution in [0, 0.1) is 6.92 Å². The Morgan fingerprint density at radius 1 is 1.17 bits per heavy atom. The van der Waals surface area contributed by atoms with Gasteiger partial charge in [0.15, 0.2) is 0 Å². The molecule has 2 aromatic rings. The molecule has 0 aliphatic rings. The molecule has 0 spiro atoms. The molecule has 0 bridgehead atoms. The molecule has 0 saturated heterocycles. The van der Waals surface area contributed by atoms with Crippen molar-refractivity contribution >= 4 is 11.3 Å². The number of thiophene rings is 1. The summed E-state index contributed by atoms with van der Waals surface area (Å²) < 4.78 is 0. The van der Waals surface area contributed by atoms with E-state index >= 15 is 0 Å². The van der Waals surface area contributed by atoms with Crippen molar-refractivity contribution in [1.82, 2.24) is 5.32 Å². The molecule has 2 rings (SSSR count). The molecule has 1 aromatic heterocycles. The SMILES string of the molecule is CCc1ccc(CNC(C)c2cccc(C)c2)s1. The van der Waals surface area contributed by atoms with E-state index in [2.05, 4.69) is 62.5 Å². The summed E-state index contributed by atoms with van der Waals surface area (Å²) in [5.74, 6) is 0. The lowest BCUT2D eigenvalue weighted by atomic mass is 10.1. The Morgan fingerprint density at radius 2 is 1.94 bits per heavy atom. The van der Waals surface area contributed by atoms with Crippen molar-refractivity contribution in [2.45, 2.75) is 39.8 Å². The highest BCUT2D eigenvalue weighted by Gasteiger charge is 2.05. The molecule has 0 amide bonds. The fourth-order valence-corrected chi connectivity index (χ4v) is 2.93. The third-order valence-electron chi connectivity index (χ3n) is 3.19. The van der Waals surface area contributed by atoms with E-state index < -0.39 is 0 Å². The summed E-state index contributed by atoms with van der Waals surface area (Å²) in [4.78, 5) is 2.89. The maximum atomic E-state index is 3.59. The van der Waals surface area contributed by atoms with Gasteiger partial charge in [-0.1, -0.05) is 36.8 Å². The predicted octanol–water partition coefficient (Wildman–Crippen LogP) is 4.47. The van der Waals surface area contributed by atoms with Crippen LogP contribution in [0.2, 0.25) is 0 Å². The van der Waals surface area contributed by atoms with Crippen LogP contribution < -0.4 is 5.32 Å². The van der Waals surface area contributed by atoms with Crippen LogP contribution in [0.1, 0.15) is 40.8 Å². The Labute approximate surface area is 114 Å². The molecular weight excluding hydrogens is 238 g/mol. The number of aryl methyl sites for hydroxylation is 2. The molecule has 96 valence electrons. The van der Waals surface area contributed by atoms with Crippen molar-refractivity contribution in [2.24, 2.45) is 0 Å². The van der Waals surface area contributed by atoms with E-state index in [0.29, 0.717) is 6.04 Å². The summed E-state index contributed by atoms with van der Waals surface area (Å²) in [6.45, 7) is 7.53. The van der Waals surface area contributed by atoms with E-state index in [1.807, 2.05) is 11.3 Å². The van der Waals surface area contributed by atoms with Crippen molar-refractivity contribution in [3.63, 3.8) is 0 Å². The number of benzene rings is 1. The van der Waals surface area contributed by atoms with Crippen molar-refractivity contribution in [3.8, 4) is 0 Å². The van der Waals surface area contributed by atoms with Crippen LogP contribution in [-0.4, -0.2) is 0 Å². The molecule has 18 heavy (non-hydrogen) atoms. The monoisotopic (exact) mass is 259 g/mol. The zero-order valence-electron chi connectivity index (χ0n) is 11.4. The lowest BCUT2D eigenvalue weighted by Gasteiger charge is -2.14. The lowest BCUT2D eigenvalue weighted by molar-refractivity contribution is 0.578. The maximum absolute atomic E-state index is 3.59. The third kappa shape index (κ3) is 3.44. The van der Waals surface area contributed by atoms with Crippen LogP contribution in [0.25, 0.3) is 0 Å². The molecule has 0 radical (unpaired) electrons. The molecule has 1 aromatic carbocycles. The first-order valence-corrected chi connectivity index (χ1v) is 7.38. The first kappa shape index (κ1) is 13.3. The molecule has 1 N–H and O–H groups in total. The summed E-state index contributed by atoms with van der Waals surface area (Å²) in [6, 6.07) is 13.6. The maximum Gasteiger partial charge on any atom is 0.0305 e. The van der Waals surface area contributed by atoms with Gasteiger partial charge in [-0.15, -0.1) is 11.3 Å². The second kappa shape index (κ2) is 6.17. The molecule has 2 heteroatoms. The van der Waals surface area contributed by atoms with Crippen molar-refractivity contribution in [1.29, 1.82) is 0 Å². The number of hydrogen-bond acceptors (Lipinski definition) is 2. The summed E-state index contributed by atoms with van der Waals surface area (Å²) in [5.41, 5.74) is 2.69. The van der Waals surface area contributed by atoms with Crippen LogP contribution in [0.5, 0.6) is 0 Å². The molecule has 1 unspecified atom stereocenters. The molecule has 1 atom stereocenters. The molecule has 0 fully saturated rings. The van der Waals surface area contributed by atoms with Gasteiger partial charge in [0.25, 0.3) is 0 Å². The largest absolute Gasteiger partial charge is 0.305 e. The topological polar surface area (TPSA) is 12.0 Å². The van der Waals surface area contributed by atoms with E-state index in [1.165, 1.54) is 20.9 Å². The second-order valence-electron chi connectivity index (χ2n) is 4.74. The zero-order valence-corrected chi connectivity index (χ0v) is 12.2. The van der Waals surface area contributed by atoms with Gasteiger partial charge >= 0.3 is 0 Å². The van der Waals surface area contributed by atoms with Crippen molar-refractivity contribution in [3.05, 3.63) is 57.3 Å². The number of hydrogen-bond donors (Lipinski definition) is 1. The number of nitrogens with one attached hydrogen (secondary N) is 1. The fourth-order valence-electron chi connectivity index (χ4n) is 2.02. The van der Waals surface area contributed by atoms with E-state index in [9.17, 15) is 0 Å². The highest BCUT2D eigenvalue weighted by Crippen LogP contribution is 2.19. The van der Waals surface area contributed by atoms with Crippen LogP contribution >= 0.6 is 11.3 Å². The Hall–Kier alpha value is -1.12. The van der Waals surface area contributed by atoms with Gasteiger partial charge in [-0.05, 0) is 38.0 Å². The van der Waals surface area contributed by atoms with Crippen LogP contribution in [0.3, 0.4) is 0 Å². The Morgan fingerprint density at radius 3 is 2.61 bits per heavy atom. The van der Waals surface area contributed by atoms with Gasteiger partial charge in [0.1, 0.15) is 0 Å². The minimum absolute atomic E-state index is 0.400. The quantitative estimate of drug-likeness (QED) is 0.835. The Bertz CT molecular complexity index is 501. The highest BCUT2D eigenvalue weighted by molar-refractivity contribution is 7.11. The third-order valence-corrected chi connectivity index (χ3v) is 4.42. The number of rotatable bonds is 5. The second-order valence-corrected chi connectivity index (χ2v) is 5.99. The lowest BCUT2D eigenvalue weighted by Crippen LogP contribution is -2.17. The van der Waals surface area contributed by atoms with E-state index in [0.717, 1.165) is 13.0 Å². The van der Waals surface area contributed by atoms with Crippen LogP contribution in [-0.2, 0) is 13.0 Å². The van der Waals surface area contributed by atoms with Crippen LogP contribution in [0.4, 0.5) is 0 Å². The van der Waals surface area contributed by atoms with Gasteiger partial charge in [-0.25, -0.2) is 0 Å². The molecule has 0 saturated carbocycles. The molecule has 0 aliphatic heterocycles. The average molecular weight is 259 g/mol. The minimum Gasteiger partial charge on any atom is -0.305 e. The summed E-state index contributed by atoms with van der Waals surface area (Å²) in [5, 5.41) is 3.59. The molecule has 0 aliphatic carbocycles. The summed E-state index contributed by atoms with van der Waals surface area (Å²) in [7, 11) is 0. The van der Waals surface area contributed by atoms with Gasteiger partial charge in [0.2, 0.25) is 0 Å². The van der Waals surface area contributed by atoms with Gasteiger partial charge in [-0.3, -0.25) is 0 Å². The van der Waals surface area contributed by atoms with Crippen molar-refractivity contribution < 1.29 is 0 Å². The molecule has 1 heterocycles. The summed E-state index contributed by atoms with van der Waals surface area (Å²) in [6.07, 6.45) is 1.14. The van der Waals surface area contributed by atoms with Gasteiger partial charge < -0.3 is 5.32 Å². The Balaban J connectivity index is 1.93. The van der Waals surface area contributed by atoms with Gasteiger partial charge in [0, 0.05) is 22.3 Å². The first-order chi connectivity index (χ1) is 8.69. The van der Waals surface area contributed by atoms with Gasteiger partial charge in [-0.2, -0.15) is 0 Å². The normalized spacial score (nSPS) is 12.6. The van der Waals surface area contributed by atoms with Crippen LogP contribution in [0.15, 0.2) is 36.4 Å². The first-order valence-electron chi connectivity index (χ1n) is 6.56. The predicted molar refractivity (Wildman–Crippen MR) is 80.1 cm³/mol. The smallest absolute Gasteiger partial charge is 0.0305 e.